The molecule has 0 amide bonds. The number of hydrogen-bond donors (Lipinski definition) is 2. The number of rotatable bonds is 0. The zero-order valence-corrected chi connectivity index (χ0v) is 6.42. The quantitative estimate of drug-likeness (QED) is 0.629. The maximum Gasteiger partial charge on any atom is 0.268 e. The second-order valence-corrected chi connectivity index (χ2v) is 2.45. The number of nitrogens with zero attached hydrogens (tertiary/aromatic N) is 1. The van der Waals surface area contributed by atoms with Gasteiger partial charge in [0, 0.05) is 0 Å². The smallest absolute Gasteiger partial charge is 0.268 e. The fourth-order valence-electron chi connectivity index (χ4n) is 0.374. The van der Waals surface area contributed by atoms with Gasteiger partial charge in [-0.05, 0) is 22.6 Å². The van der Waals surface area contributed by atoms with Crippen LogP contribution in [0, 0.1) is 3.57 Å². The lowest BCUT2D eigenvalue weighted by Gasteiger charge is -1.89. The molecular weight excluding hydrogens is 235 g/mol. The van der Waals surface area contributed by atoms with Crippen LogP contribution in [-0.4, -0.2) is 15.1 Å². The topological polar surface area (TPSA) is 66.0 Å². The Morgan fingerprint density at radius 3 is 2.89 bits per heavy atom. The van der Waals surface area contributed by atoms with E-state index in [0.717, 1.165) is 6.33 Å². The van der Waals surface area contributed by atoms with Gasteiger partial charge in [0.05, 0.1) is 6.33 Å². The number of hydrogen-bond acceptors (Lipinski definition) is 3. The van der Waals surface area contributed by atoms with Gasteiger partial charge in [0.2, 0.25) is 5.88 Å². The zero-order chi connectivity index (χ0) is 6.85. The molecular formula is C4H3IN2O2. The summed E-state index contributed by atoms with van der Waals surface area (Å²) in [5.41, 5.74) is -0.317. The first-order valence-electron chi connectivity index (χ1n) is 2.14. The van der Waals surface area contributed by atoms with Crippen molar-refractivity contribution in [2.75, 3.05) is 0 Å². The van der Waals surface area contributed by atoms with Gasteiger partial charge in [0.15, 0.2) is 0 Å². The Labute approximate surface area is 64.1 Å². The van der Waals surface area contributed by atoms with E-state index >= 15 is 0 Å². The molecule has 2 N–H and O–H groups in total. The monoisotopic (exact) mass is 238 g/mol. The van der Waals surface area contributed by atoms with Crippen molar-refractivity contribution < 1.29 is 5.11 Å². The van der Waals surface area contributed by atoms with E-state index in [9.17, 15) is 4.79 Å². The lowest BCUT2D eigenvalue weighted by molar-refractivity contribution is 0.446. The fraction of sp³-hybridized carbons (Fsp3) is 0. The van der Waals surface area contributed by atoms with E-state index in [-0.39, 0.29) is 15.0 Å². The maximum absolute atomic E-state index is 10.6. The van der Waals surface area contributed by atoms with Gasteiger partial charge in [-0.25, -0.2) is 4.98 Å². The molecule has 0 aliphatic heterocycles. The predicted octanol–water partition coefficient (Wildman–Crippen LogP) is 0.0801. The van der Waals surface area contributed by atoms with Crippen LogP contribution in [0.3, 0.4) is 0 Å². The minimum Gasteiger partial charge on any atom is -0.492 e. The van der Waals surface area contributed by atoms with Gasteiger partial charge < -0.3 is 10.1 Å². The van der Waals surface area contributed by atoms with Gasteiger partial charge in [-0.3, -0.25) is 4.79 Å². The Bertz CT molecular complexity index is 270. The first-order chi connectivity index (χ1) is 4.22. The lowest BCUT2D eigenvalue weighted by atomic mass is 10.6. The highest BCUT2D eigenvalue weighted by molar-refractivity contribution is 14.1. The molecule has 0 radical (unpaired) electrons. The molecule has 48 valence electrons. The molecule has 0 atom stereocenters. The highest BCUT2D eigenvalue weighted by Gasteiger charge is 1.99. The third-order valence-corrected chi connectivity index (χ3v) is 1.75. The van der Waals surface area contributed by atoms with Crippen LogP contribution >= 0.6 is 22.6 Å². The summed E-state index contributed by atoms with van der Waals surface area (Å²) >= 11 is 1.71. The van der Waals surface area contributed by atoms with Crippen molar-refractivity contribution in [3.8, 4) is 5.88 Å². The van der Waals surface area contributed by atoms with Crippen LogP contribution in [-0.2, 0) is 0 Å². The lowest BCUT2D eigenvalue weighted by Crippen LogP contribution is -2.08. The summed E-state index contributed by atoms with van der Waals surface area (Å²) in [5.74, 6) is -0.223. The summed E-state index contributed by atoms with van der Waals surface area (Å²) in [6.45, 7) is 0. The van der Waals surface area contributed by atoms with E-state index < -0.39 is 0 Å². The van der Waals surface area contributed by atoms with E-state index in [1.807, 2.05) is 0 Å². The Kier molecular flexibility index (Phi) is 1.70. The standard InChI is InChI=1S/C4H3IN2O2/c5-2-3(8)6-1-7-4(2)9/h1H,(H2,6,7,8,9). The molecule has 0 aliphatic rings. The number of H-pyrrole nitrogens is 1. The molecule has 1 aromatic rings. The summed E-state index contributed by atoms with van der Waals surface area (Å²) in [7, 11) is 0. The van der Waals surface area contributed by atoms with E-state index in [2.05, 4.69) is 9.97 Å². The van der Waals surface area contributed by atoms with Crippen LogP contribution in [0.15, 0.2) is 11.1 Å². The summed E-state index contributed by atoms with van der Waals surface area (Å²) in [4.78, 5) is 16.3. The molecule has 0 spiro atoms. The molecule has 0 aromatic carbocycles. The van der Waals surface area contributed by atoms with Crippen molar-refractivity contribution in [2.45, 2.75) is 0 Å². The van der Waals surface area contributed by atoms with Gasteiger partial charge in [0.25, 0.3) is 5.56 Å². The summed E-state index contributed by atoms with van der Waals surface area (Å²) < 4.78 is 0.218. The molecule has 0 unspecified atom stereocenters. The van der Waals surface area contributed by atoms with Crippen LogP contribution in [0.5, 0.6) is 5.88 Å². The SMILES string of the molecule is O=c1[nH]cnc(O)c1I. The minimum absolute atomic E-state index is 0.218. The van der Waals surface area contributed by atoms with E-state index in [4.69, 9.17) is 5.11 Å². The normalized spacial score (nSPS) is 9.44. The largest absolute Gasteiger partial charge is 0.492 e. The summed E-state index contributed by atoms with van der Waals surface area (Å²) in [6.07, 6.45) is 1.15. The molecule has 0 bridgehead atoms. The van der Waals surface area contributed by atoms with Crippen molar-refractivity contribution in [3.63, 3.8) is 0 Å². The Morgan fingerprint density at radius 2 is 2.44 bits per heavy atom. The third-order valence-electron chi connectivity index (χ3n) is 0.778. The molecule has 1 rings (SSSR count). The first kappa shape index (κ1) is 6.53. The van der Waals surface area contributed by atoms with Gasteiger partial charge in [0.1, 0.15) is 3.57 Å². The number of aromatic amines is 1. The van der Waals surface area contributed by atoms with Gasteiger partial charge in [-0.15, -0.1) is 0 Å². The summed E-state index contributed by atoms with van der Waals surface area (Å²) in [5, 5.41) is 8.76. The zero-order valence-electron chi connectivity index (χ0n) is 4.26. The van der Waals surface area contributed by atoms with E-state index in [0.29, 0.717) is 0 Å². The number of halogens is 1. The van der Waals surface area contributed by atoms with Gasteiger partial charge in [-0.2, -0.15) is 0 Å². The number of nitrogens with one attached hydrogen (secondary N) is 1. The average Bonchev–Trinajstić information content (AvgIpc) is 1.83. The molecule has 0 aliphatic carbocycles. The molecule has 0 fully saturated rings. The minimum atomic E-state index is -0.317. The maximum atomic E-state index is 10.6. The van der Waals surface area contributed by atoms with Crippen LogP contribution in [0.25, 0.3) is 0 Å². The van der Waals surface area contributed by atoms with Crippen LogP contribution in [0.4, 0.5) is 0 Å². The predicted molar refractivity (Wildman–Crippen MR) is 39.2 cm³/mol. The van der Waals surface area contributed by atoms with Crippen molar-refractivity contribution in [2.24, 2.45) is 0 Å². The van der Waals surface area contributed by atoms with Crippen LogP contribution < -0.4 is 5.56 Å². The van der Waals surface area contributed by atoms with Gasteiger partial charge in [-0.1, -0.05) is 0 Å². The Morgan fingerprint density at radius 1 is 1.78 bits per heavy atom. The highest BCUT2D eigenvalue weighted by atomic mass is 127. The third kappa shape index (κ3) is 1.21. The Balaban J connectivity index is 3.43. The molecule has 5 heteroatoms. The van der Waals surface area contributed by atoms with Crippen molar-refractivity contribution in [1.29, 1.82) is 0 Å². The molecule has 1 aromatic heterocycles. The van der Waals surface area contributed by atoms with Crippen LogP contribution in [0.2, 0.25) is 0 Å². The molecule has 0 saturated heterocycles. The first-order valence-corrected chi connectivity index (χ1v) is 3.22. The second kappa shape index (κ2) is 2.34. The molecule has 1 heterocycles. The average molecular weight is 238 g/mol. The number of aromatic nitrogens is 2. The number of aromatic hydroxyl groups is 1. The van der Waals surface area contributed by atoms with E-state index in [1.54, 1.807) is 22.6 Å². The van der Waals surface area contributed by atoms with E-state index in [1.165, 1.54) is 0 Å². The van der Waals surface area contributed by atoms with Crippen LogP contribution in [0.1, 0.15) is 0 Å². The van der Waals surface area contributed by atoms with Crippen molar-refractivity contribution >= 4 is 22.6 Å². The molecule has 0 saturated carbocycles. The van der Waals surface area contributed by atoms with Crippen molar-refractivity contribution in [3.05, 3.63) is 20.3 Å². The second-order valence-electron chi connectivity index (χ2n) is 1.37. The highest BCUT2D eigenvalue weighted by Crippen LogP contribution is 2.07. The Hall–Kier alpha value is -0.590. The van der Waals surface area contributed by atoms with Gasteiger partial charge >= 0.3 is 0 Å². The van der Waals surface area contributed by atoms with Crippen molar-refractivity contribution in [1.82, 2.24) is 9.97 Å². The fourth-order valence-corrected chi connectivity index (χ4v) is 0.669. The molecule has 4 nitrogen and oxygen atoms in total. The molecule has 9 heavy (non-hydrogen) atoms. The summed E-state index contributed by atoms with van der Waals surface area (Å²) in [6, 6.07) is 0.